The molecule has 0 aromatic heterocycles. The van der Waals surface area contributed by atoms with Gasteiger partial charge in [0.2, 0.25) is 5.91 Å². The summed E-state index contributed by atoms with van der Waals surface area (Å²) in [5.41, 5.74) is 6.92. The smallest absolute Gasteiger partial charge is 0.233 e. The fraction of sp³-hybridized carbons (Fsp3) is 0.611. The molecule has 1 saturated carbocycles. The van der Waals surface area contributed by atoms with Crippen LogP contribution in [-0.4, -0.2) is 30.4 Å². The van der Waals surface area contributed by atoms with Gasteiger partial charge in [-0.05, 0) is 36.8 Å². The third-order valence-electron chi connectivity index (χ3n) is 5.53. The van der Waals surface area contributed by atoms with Gasteiger partial charge in [-0.15, -0.1) is 0 Å². The molecular formula is C18H26N2O. The summed E-state index contributed by atoms with van der Waals surface area (Å²) in [5.74, 6) is 0.336. The van der Waals surface area contributed by atoms with Gasteiger partial charge in [-0.3, -0.25) is 4.79 Å². The van der Waals surface area contributed by atoms with Gasteiger partial charge in [-0.1, -0.05) is 50.1 Å². The second-order valence-electron chi connectivity index (χ2n) is 7.15. The molecule has 1 saturated heterocycles. The first-order valence-electron chi connectivity index (χ1n) is 8.15. The summed E-state index contributed by atoms with van der Waals surface area (Å²) in [4.78, 5) is 15.3. The van der Waals surface area contributed by atoms with Crippen LogP contribution in [0.3, 0.4) is 0 Å². The molecule has 1 heterocycles. The van der Waals surface area contributed by atoms with Gasteiger partial charge in [-0.25, -0.2) is 0 Å². The van der Waals surface area contributed by atoms with E-state index in [1.54, 1.807) is 0 Å². The van der Waals surface area contributed by atoms with Crippen molar-refractivity contribution >= 4 is 5.91 Å². The lowest BCUT2D eigenvalue weighted by molar-refractivity contribution is -0.136. The highest BCUT2D eigenvalue weighted by atomic mass is 16.2. The van der Waals surface area contributed by atoms with E-state index in [0.717, 1.165) is 45.2 Å². The Hall–Kier alpha value is -1.35. The number of amides is 1. The summed E-state index contributed by atoms with van der Waals surface area (Å²) < 4.78 is 0. The Kier molecular flexibility index (Phi) is 3.78. The SMILES string of the molecule is CC1(CN)CCN(C(=O)C2(c3ccccc3)CCCC2)C1. The lowest BCUT2D eigenvalue weighted by Gasteiger charge is -2.33. The van der Waals surface area contributed by atoms with Gasteiger partial charge in [-0.2, -0.15) is 0 Å². The molecule has 1 amide bonds. The van der Waals surface area contributed by atoms with E-state index in [9.17, 15) is 4.79 Å². The third kappa shape index (κ3) is 2.48. The van der Waals surface area contributed by atoms with Crippen LogP contribution in [-0.2, 0) is 10.2 Å². The number of hydrogen-bond donors (Lipinski definition) is 1. The Labute approximate surface area is 127 Å². The molecule has 2 fully saturated rings. The van der Waals surface area contributed by atoms with Crippen molar-refractivity contribution in [3.8, 4) is 0 Å². The molecule has 114 valence electrons. The van der Waals surface area contributed by atoms with Crippen LogP contribution >= 0.6 is 0 Å². The number of rotatable bonds is 3. The van der Waals surface area contributed by atoms with Crippen molar-refractivity contribution < 1.29 is 4.79 Å². The van der Waals surface area contributed by atoms with E-state index in [0.29, 0.717) is 12.5 Å². The van der Waals surface area contributed by atoms with Crippen molar-refractivity contribution in [1.82, 2.24) is 4.90 Å². The Morgan fingerprint density at radius 3 is 2.43 bits per heavy atom. The minimum absolute atomic E-state index is 0.103. The van der Waals surface area contributed by atoms with Gasteiger partial charge >= 0.3 is 0 Å². The van der Waals surface area contributed by atoms with Crippen molar-refractivity contribution in [1.29, 1.82) is 0 Å². The topological polar surface area (TPSA) is 46.3 Å². The Morgan fingerprint density at radius 2 is 1.86 bits per heavy atom. The molecule has 3 heteroatoms. The molecule has 1 atom stereocenters. The van der Waals surface area contributed by atoms with Crippen molar-refractivity contribution in [3.05, 3.63) is 35.9 Å². The Bertz CT molecular complexity index is 507. The molecule has 21 heavy (non-hydrogen) atoms. The number of hydrogen-bond acceptors (Lipinski definition) is 2. The number of carbonyl (C=O) groups excluding carboxylic acids is 1. The van der Waals surface area contributed by atoms with E-state index in [2.05, 4.69) is 36.1 Å². The minimum atomic E-state index is -0.277. The van der Waals surface area contributed by atoms with Crippen LogP contribution in [0.1, 0.15) is 44.6 Å². The maximum absolute atomic E-state index is 13.3. The molecule has 1 aliphatic heterocycles. The molecule has 1 aromatic rings. The van der Waals surface area contributed by atoms with E-state index >= 15 is 0 Å². The zero-order valence-corrected chi connectivity index (χ0v) is 13.0. The molecule has 1 aromatic carbocycles. The molecular weight excluding hydrogens is 260 g/mol. The molecule has 3 nitrogen and oxygen atoms in total. The van der Waals surface area contributed by atoms with Crippen molar-refractivity contribution in [2.75, 3.05) is 19.6 Å². The summed E-state index contributed by atoms with van der Waals surface area (Å²) in [6.45, 7) is 4.54. The molecule has 1 unspecified atom stereocenters. The molecule has 3 rings (SSSR count). The highest BCUT2D eigenvalue weighted by Gasteiger charge is 2.47. The van der Waals surface area contributed by atoms with Crippen LogP contribution in [0.4, 0.5) is 0 Å². The molecule has 2 N–H and O–H groups in total. The van der Waals surface area contributed by atoms with Gasteiger partial charge < -0.3 is 10.6 Å². The zero-order valence-electron chi connectivity index (χ0n) is 13.0. The number of likely N-dealkylation sites (tertiary alicyclic amines) is 1. The van der Waals surface area contributed by atoms with Crippen molar-refractivity contribution in [2.45, 2.75) is 44.4 Å². The van der Waals surface area contributed by atoms with Gasteiger partial charge in [0, 0.05) is 13.1 Å². The zero-order chi connectivity index (χ0) is 14.9. The van der Waals surface area contributed by atoms with E-state index in [4.69, 9.17) is 5.73 Å². The summed E-state index contributed by atoms with van der Waals surface area (Å²) >= 11 is 0. The van der Waals surface area contributed by atoms with Crippen LogP contribution < -0.4 is 5.73 Å². The van der Waals surface area contributed by atoms with Gasteiger partial charge in [0.05, 0.1) is 5.41 Å². The standard InChI is InChI=1S/C18H26N2O/c1-17(13-19)11-12-20(14-17)16(21)18(9-5-6-10-18)15-7-3-2-4-8-15/h2-4,7-8H,5-6,9-14,19H2,1H3. The average Bonchev–Trinajstić information content (AvgIpc) is 3.16. The lowest BCUT2D eigenvalue weighted by atomic mass is 9.77. The molecule has 0 radical (unpaired) electrons. The van der Waals surface area contributed by atoms with E-state index in [1.165, 1.54) is 5.56 Å². The van der Waals surface area contributed by atoms with Crippen LogP contribution in [0.2, 0.25) is 0 Å². The van der Waals surface area contributed by atoms with Gasteiger partial charge in [0.25, 0.3) is 0 Å². The molecule has 1 aliphatic carbocycles. The average molecular weight is 286 g/mol. The fourth-order valence-corrected chi connectivity index (χ4v) is 4.03. The monoisotopic (exact) mass is 286 g/mol. The Morgan fingerprint density at radius 1 is 1.19 bits per heavy atom. The van der Waals surface area contributed by atoms with Gasteiger partial charge in [0.1, 0.15) is 0 Å². The highest BCUT2D eigenvalue weighted by molar-refractivity contribution is 5.89. The third-order valence-corrected chi connectivity index (χ3v) is 5.53. The first-order chi connectivity index (χ1) is 10.1. The van der Waals surface area contributed by atoms with E-state index in [1.807, 2.05) is 6.07 Å². The molecule has 0 spiro atoms. The first-order valence-corrected chi connectivity index (χ1v) is 8.15. The van der Waals surface area contributed by atoms with Crippen molar-refractivity contribution in [2.24, 2.45) is 11.1 Å². The second kappa shape index (κ2) is 5.45. The van der Waals surface area contributed by atoms with E-state index in [-0.39, 0.29) is 10.8 Å². The maximum atomic E-state index is 13.3. The summed E-state index contributed by atoms with van der Waals surface area (Å²) in [6.07, 6.45) is 5.32. The predicted octanol–water partition coefficient (Wildman–Crippen LogP) is 2.70. The normalized spacial score (nSPS) is 28.0. The highest BCUT2D eigenvalue weighted by Crippen LogP contribution is 2.44. The summed E-state index contributed by atoms with van der Waals surface area (Å²) in [6, 6.07) is 10.4. The van der Waals surface area contributed by atoms with Crippen molar-refractivity contribution in [3.63, 3.8) is 0 Å². The summed E-state index contributed by atoms with van der Waals surface area (Å²) in [5, 5.41) is 0. The largest absolute Gasteiger partial charge is 0.341 e. The van der Waals surface area contributed by atoms with Crippen LogP contribution in [0.15, 0.2) is 30.3 Å². The summed E-state index contributed by atoms with van der Waals surface area (Å²) in [7, 11) is 0. The molecule has 0 bridgehead atoms. The van der Waals surface area contributed by atoms with Crippen LogP contribution in [0.25, 0.3) is 0 Å². The lowest BCUT2D eigenvalue weighted by Crippen LogP contribution is -2.45. The maximum Gasteiger partial charge on any atom is 0.233 e. The first kappa shape index (κ1) is 14.6. The van der Waals surface area contributed by atoms with Gasteiger partial charge in [0.15, 0.2) is 0 Å². The van der Waals surface area contributed by atoms with E-state index < -0.39 is 0 Å². The minimum Gasteiger partial charge on any atom is -0.341 e. The van der Waals surface area contributed by atoms with Crippen LogP contribution in [0, 0.1) is 5.41 Å². The Balaban J connectivity index is 1.87. The van der Waals surface area contributed by atoms with Crippen LogP contribution in [0.5, 0.6) is 0 Å². The fourth-order valence-electron chi connectivity index (χ4n) is 4.03. The number of benzene rings is 1. The molecule has 2 aliphatic rings. The predicted molar refractivity (Wildman–Crippen MR) is 84.9 cm³/mol. The number of carbonyl (C=O) groups is 1. The number of nitrogens with two attached hydrogens (primary N) is 1. The quantitative estimate of drug-likeness (QED) is 0.928. The second-order valence-corrected chi connectivity index (χ2v) is 7.15. The number of nitrogens with zero attached hydrogens (tertiary/aromatic N) is 1.